The average molecular weight is 541 g/mol. The smallest absolute Gasteiger partial charge is 0.203 e. The van der Waals surface area contributed by atoms with Crippen molar-refractivity contribution in [3.63, 3.8) is 0 Å². The Labute approximate surface area is 235 Å². The molecule has 1 fully saturated rings. The minimum atomic E-state index is -2.14. The summed E-state index contributed by atoms with van der Waals surface area (Å²) in [4.78, 5) is 0. The molecule has 0 aromatic heterocycles. The second-order valence-electron chi connectivity index (χ2n) is 10.6. The first-order valence-corrected chi connectivity index (χ1v) is 13.6. The molecule has 4 aromatic rings. The largest absolute Gasteiger partial charge is 0.394 e. The van der Waals surface area contributed by atoms with Crippen LogP contribution in [0.15, 0.2) is 121 Å². The lowest BCUT2D eigenvalue weighted by molar-refractivity contribution is -0.426. The van der Waals surface area contributed by atoms with Crippen molar-refractivity contribution in [1.29, 1.82) is 0 Å². The summed E-state index contributed by atoms with van der Waals surface area (Å²) in [6.07, 6.45) is -2.90. The van der Waals surface area contributed by atoms with Gasteiger partial charge in [0, 0.05) is 19.3 Å². The molecule has 5 atom stereocenters. The van der Waals surface area contributed by atoms with E-state index in [1.165, 1.54) is 0 Å². The van der Waals surface area contributed by atoms with Crippen molar-refractivity contribution in [3.8, 4) is 0 Å². The highest BCUT2D eigenvalue weighted by atomic mass is 16.7. The van der Waals surface area contributed by atoms with Crippen LogP contribution in [0.25, 0.3) is 0 Å². The number of rotatable bonds is 10. The third kappa shape index (κ3) is 5.47. The fraction of sp³-hybridized carbons (Fsp3) is 0.294. The van der Waals surface area contributed by atoms with Crippen molar-refractivity contribution in [2.75, 3.05) is 6.61 Å². The van der Waals surface area contributed by atoms with Crippen LogP contribution in [0.5, 0.6) is 0 Å². The van der Waals surface area contributed by atoms with E-state index in [0.29, 0.717) is 0 Å². The average Bonchev–Trinajstić information content (AvgIpc) is 2.99. The van der Waals surface area contributed by atoms with Crippen molar-refractivity contribution < 1.29 is 29.9 Å². The summed E-state index contributed by atoms with van der Waals surface area (Å²) in [5, 5.41) is 47.5. The van der Waals surface area contributed by atoms with Crippen LogP contribution >= 0.6 is 0 Å². The number of hydrogen-bond donors (Lipinski definition) is 4. The number of aliphatic hydroxyl groups is 4. The van der Waals surface area contributed by atoms with Gasteiger partial charge in [-0.3, -0.25) is 0 Å². The van der Waals surface area contributed by atoms with Crippen molar-refractivity contribution in [2.24, 2.45) is 0 Å². The van der Waals surface area contributed by atoms with Gasteiger partial charge in [-0.2, -0.15) is 0 Å². The molecule has 40 heavy (non-hydrogen) atoms. The van der Waals surface area contributed by atoms with Crippen LogP contribution in [-0.2, 0) is 35.3 Å². The summed E-state index contributed by atoms with van der Waals surface area (Å²) in [5.74, 6) is -2.14. The fourth-order valence-electron chi connectivity index (χ4n) is 5.89. The quantitative estimate of drug-likeness (QED) is 0.244. The van der Waals surface area contributed by atoms with Crippen LogP contribution < -0.4 is 0 Å². The van der Waals surface area contributed by atoms with Gasteiger partial charge in [0.05, 0.1) is 13.2 Å². The molecular formula is C34H36O6. The van der Waals surface area contributed by atoms with Crippen LogP contribution in [0.1, 0.15) is 22.3 Å². The van der Waals surface area contributed by atoms with Crippen LogP contribution in [-0.4, -0.2) is 56.2 Å². The molecule has 0 aliphatic carbocycles. The number of benzene rings is 4. The van der Waals surface area contributed by atoms with E-state index in [-0.39, 0.29) is 25.9 Å². The predicted octanol–water partition coefficient (Wildman–Crippen LogP) is 3.84. The second-order valence-corrected chi connectivity index (χ2v) is 10.6. The van der Waals surface area contributed by atoms with E-state index < -0.39 is 35.8 Å². The minimum absolute atomic E-state index is 0.0303. The minimum Gasteiger partial charge on any atom is -0.394 e. The summed E-state index contributed by atoms with van der Waals surface area (Å²) in [5.41, 5.74) is -0.835. The first kappa shape index (κ1) is 28.2. The molecule has 1 unspecified atom stereocenters. The molecule has 1 aliphatic rings. The highest BCUT2D eigenvalue weighted by molar-refractivity contribution is 5.31. The molecule has 0 radical (unpaired) electrons. The van der Waals surface area contributed by atoms with Crippen molar-refractivity contribution in [3.05, 3.63) is 144 Å². The molecule has 1 heterocycles. The fourth-order valence-corrected chi connectivity index (χ4v) is 5.89. The molecule has 1 aliphatic heterocycles. The Morgan fingerprint density at radius 3 is 1.50 bits per heavy atom. The summed E-state index contributed by atoms with van der Waals surface area (Å²) >= 11 is 0. The molecule has 0 amide bonds. The zero-order valence-corrected chi connectivity index (χ0v) is 22.3. The summed E-state index contributed by atoms with van der Waals surface area (Å²) in [6, 6.07) is 37.5. The molecular weight excluding hydrogens is 504 g/mol. The standard InChI is InChI=1S/C34H36O6/c35-24-30-31(36)32(37,21-26-13-5-1-6-14-26)33(22-27-15-7-2-8-16-27,39-25-29-19-11-4-12-20-29)34(38,40-30)23-28-17-9-3-10-18-28/h1-20,30-31,35-38H,21-25H2/t30-,31-,32+,33+,34?/m1/s1. The van der Waals surface area contributed by atoms with Gasteiger partial charge in [0.25, 0.3) is 0 Å². The maximum absolute atomic E-state index is 12.8. The van der Waals surface area contributed by atoms with E-state index in [2.05, 4.69) is 0 Å². The van der Waals surface area contributed by atoms with Crippen molar-refractivity contribution in [2.45, 2.75) is 55.1 Å². The number of hydrogen-bond acceptors (Lipinski definition) is 6. The Balaban J connectivity index is 1.72. The molecule has 208 valence electrons. The molecule has 0 spiro atoms. The van der Waals surface area contributed by atoms with Crippen LogP contribution in [0, 0.1) is 0 Å². The van der Waals surface area contributed by atoms with Crippen LogP contribution in [0.2, 0.25) is 0 Å². The maximum atomic E-state index is 12.8. The van der Waals surface area contributed by atoms with E-state index in [1.807, 2.05) is 121 Å². The third-order valence-corrected chi connectivity index (χ3v) is 7.93. The lowest BCUT2D eigenvalue weighted by atomic mass is 9.63. The highest BCUT2D eigenvalue weighted by Crippen LogP contribution is 2.51. The van der Waals surface area contributed by atoms with E-state index in [4.69, 9.17) is 9.47 Å². The Morgan fingerprint density at radius 1 is 0.600 bits per heavy atom. The molecule has 4 N–H and O–H groups in total. The Morgan fingerprint density at radius 2 is 1.02 bits per heavy atom. The molecule has 5 rings (SSSR count). The van der Waals surface area contributed by atoms with Gasteiger partial charge in [-0.1, -0.05) is 121 Å². The molecule has 0 saturated carbocycles. The molecule has 4 aromatic carbocycles. The Hall–Kier alpha value is -3.36. The van der Waals surface area contributed by atoms with Crippen molar-refractivity contribution in [1.82, 2.24) is 0 Å². The Bertz CT molecular complexity index is 1340. The molecule has 6 nitrogen and oxygen atoms in total. The van der Waals surface area contributed by atoms with Crippen LogP contribution in [0.3, 0.4) is 0 Å². The van der Waals surface area contributed by atoms with Crippen LogP contribution in [0.4, 0.5) is 0 Å². The summed E-state index contributed by atoms with van der Waals surface area (Å²) in [7, 11) is 0. The topological polar surface area (TPSA) is 99.4 Å². The third-order valence-electron chi connectivity index (χ3n) is 7.93. The van der Waals surface area contributed by atoms with Gasteiger partial charge in [-0.15, -0.1) is 0 Å². The van der Waals surface area contributed by atoms with Gasteiger partial charge in [-0.05, 0) is 22.3 Å². The first-order chi connectivity index (χ1) is 19.4. The van der Waals surface area contributed by atoms with E-state index >= 15 is 0 Å². The predicted molar refractivity (Wildman–Crippen MR) is 152 cm³/mol. The zero-order valence-electron chi connectivity index (χ0n) is 22.3. The molecule has 0 bridgehead atoms. The van der Waals surface area contributed by atoms with Crippen molar-refractivity contribution >= 4 is 0 Å². The lowest BCUT2D eigenvalue weighted by Gasteiger charge is -2.61. The number of aliphatic hydroxyl groups excluding tert-OH is 2. The SMILES string of the molecule is OC[C@H]1OC(O)(Cc2ccccc2)[C@@](Cc2ccccc2)(OCc2ccccc2)[C@](O)(Cc2ccccc2)[C@@H]1O. The van der Waals surface area contributed by atoms with E-state index in [9.17, 15) is 20.4 Å². The number of ether oxygens (including phenoxy) is 2. The monoisotopic (exact) mass is 540 g/mol. The normalized spacial score (nSPS) is 28.3. The van der Waals surface area contributed by atoms with Gasteiger partial charge >= 0.3 is 0 Å². The lowest BCUT2D eigenvalue weighted by Crippen LogP contribution is -2.82. The highest BCUT2D eigenvalue weighted by Gasteiger charge is 2.72. The van der Waals surface area contributed by atoms with Gasteiger partial charge in [0.1, 0.15) is 17.8 Å². The zero-order chi connectivity index (χ0) is 28.1. The maximum Gasteiger partial charge on any atom is 0.203 e. The summed E-state index contributed by atoms with van der Waals surface area (Å²) in [6.45, 7) is -0.558. The van der Waals surface area contributed by atoms with E-state index in [1.54, 1.807) is 0 Å². The summed E-state index contributed by atoms with van der Waals surface area (Å²) < 4.78 is 13.0. The van der Waals surface area contributed by atoms with E-state index in [0.717, 1.165) is 22.3 Å². The van der Waals surface area contributed by atoms with Gasteiger partial charge in [0.2, 0.25) is 5.79 Å². The second kappa shape index (κ2) is 12.0. The van der Waals surface area contributed by atoms with Gasteiger partial charge in [0.15, 0.2) is 5.60 Å². The van der Waals surface area contributed by atoms with Gasteiger partial charge < -0.3 is 29.9 Å². The first-order valence-electron chi connectivity index (χ1n) is 13.6. The molecule has 6 heteroatoms. The van der Waals surface area contributed by atoms with Gasteiger partial charge in [-0.25, -0.2) is 0 Å². The molecule has 1 saturated heterocycles. The Kier molecular flexibility index (Phi) is 8.47.